The molecule has 0 fully saturated rings. The number of aromatic nitrogens is 1. The topological polar surface area (TPSA) is 25.4 Å². The maximum atomic E-state index is 5.34. The van der Waals surface area contributed by atoms with E-state index in [-0.39, 0.29) is 0 Å². The van der Waals surface area contributed by atoms with Gasteiger partial charge in [0.05, 0.1) is 11.8 Å². The van der Waals surface area contributed by atoms with Crippen LogP contribution < -0.4 is 9.64 Å². The minimum absolute atomic E-state index is 0.859. The molecule has 0 N–H and O–H groups in total. The third-order valence-corrected chi connectivity index (χ3v) is 4.00. The Kier molecular flexibility index (Phi) is 2.73. The van der Waals surface area contributed by atoms with Crippen LogP contribution in [0, 0.1) is 0 Å². The summed E-state index contributed by atoms with van der Waals surface area (Å²) >= 11 is 1.73. The summed E-state index contributed by atoms with van der Waals surface area (Å²) in [7, 11) is 1.69. The first-order valence-corrected chi connectivity index (χ1v) is 6.53. The maximum Gasteiger partial charge on any atom is 0.186 e. The van der Waals surface area contributed by atoms with E-state index in [1.807, 2.05) is 12.1 Å². The molecule has 0 aliphatic carbocycles. The summed E-state index contributed by atoms with van der Waals surface area (Å²) in [6.07, 6.45) is 5.53. The summed E-state index contributed by atoms with van der Waals surface area (Å²) in [6.45, 7) is 2.01. The predicted octanol–water partition coefficient (Wildman–Crippen LogP) is 3.07. The monoisotopic (exact) mass is 246 g/mol. The van der Waals surface area contributed by atoms with Crippen molar-refractivity contribution in [3.05, 3.63) is 30.4 Å². The summed E-state index contributed by atoms with van der Waals surface area (Å²) in [5, 5.41) is 1.09. The van der Waals surface area contributed by atoms with Gasteiger partial charge >= 0.3 is 0 Å². The van der Waals surface area contributed by atoms with Crippen molar-refractivity contribution in [1.29, 1.82) is 0 Å². The van der Waals surface area contributed by atoms with E-state index in [9.17, 15) is 0 Å². The molecular formula is C13H14N2OS. The Hall–Kier alpha value is -1.55. The second kappa shape index (κ2) is 4.37. The van der Waals surface area contributed by atoms with Gasteiger partial charge in [0.1, 0.15) is 11.3 Å². The van der Waals surface area contributed by atoms with Crippen LogP contribution in [0.5, 0.6) is 5.75 Å². The molecule has 0 atom stereocenters. The van der Waals surface area contributed by atoms with E-state index < -0.39 is 0 Å². The predicted molar refractivity (Wildman–Crippen MR) is 72.1 cm³/mol. The zero-order chi connectivity index (χ0) is 11.7. The Balaban J connectivity index is 2.04. The molecule has 2 aromatic rings. The molecule has 88 valence electrons. The first-order chi connectivity index (χ1) is 8.38. The Labute approximate surface area is 104 Å². The van der Waals surface area contributed by atoms with Crippen molar-refractivity contribution in [2.24, 2.45) is 0 Å². The molecule has 0 saturated heterocycles. The molecule has 3 rings (SSSR count). The van der Waals surface area contributed by atoms with Gasteiger partial charge in [0.15, 0.2) is 5.13 Å². The van der Waals surface area contributed by atoms with Crippen LogP contribution in [0.2, 0.25) is 0 Å². The molecule has 0 amide bonds. The maximum absolute atomic E-state index is 5.34. The number of methoxy groups -OCH3 is 1. The van der Waals surface area contributed by atoms with Crippen LogP contribution in [-0.4, -0.2) is 25.2 Å². The normalized spacial score (nSPS) is 15.5. The number of anilines is 1. The van der Waals surface area contributed by atoms with Gasteiger partial charge < -0.3 is 9.64 Å². The third kappa shape index (κ3) is 1.89. The van der Waals surface area contributed by atoms with E-state index in [0.717, 1.165) is 35.9 Å². The molecule has 0 saturated carbocycles. The molecule has 4 heteroatoms. The van der Waals surface area contributed by atoms with E-state index in [2.05, 4.69) is 23.1 Å². The van der Waals surface area contributed by atoms with Gasteiger partial charge in [-0.05, 0) is 18.6 Å². The minimum atomic E-state index is 0.859. The fourth-order valence-corrected chi connectivity index (χ4v) is 3.04. The lowest BCUT2D eigenvalue weighted by atomic mass is 10.3. The lowest BCUT2D eigenvalue weighted by Crippen LogP contribution is -2.26. The Morgan fingerprint density at radius 1 is 1.35 bits per heavy atom. The van der Waals surface area contributed by atoms with Gasteiger partial charge in [0, 0.05) is 13.1 Å². The number of rotatable bonds is 2. The molecule has 0 unspecified atom stereocenters. The SMILES string of the molecule is COc1cccc2sc(N3CC=CCC3)nc12. The fourth-order valence-electron chi connectivity index (χ4n) is 2.03. The second-order valence-corrected chi connectivity index (χ2v) is 5.02. The van der Waals surface area contributed by atoms with Crippen LogP contribution in [0.3, 0.4) is 0 Å². The van der Waals surface area contributed by atoms with Gasteiger partial charge in [-0.25, -0.2) is 4.98 Å². The number of benzene rings is 1. The van der Waals surface area contributed by atoms with Crippen LogP contribution >= 0.6 is 11.3 Å². The van der Waals surface area contributed by atoms with Gasteiger partial charge in [-0.2, -0.15) is 0 Å². The van der Waals surface area contributed by atoms with Gasteiger partial charge in [-0.15, -0.1) is 0 Å². The van der Waals surface area contributed by atoms with Crippen molar-refractivity contribution in [1.82, 2.24) is 4.98 Å². The number of hydrogen-bond donors (Lipinski definition) is 0. The average molecular weight is 246 g/mol. The van der Waals surface area contributed by atoms with Crippen LogP contribution in [0.15, 0.2) is 30.4 Å². The molecule has 1 aromatic heterocycles. The summed E-state index contributed by atoms with van der Waals surface area (Å²) < 4.78 is 6.53. The Bertz CT molecular complexity index is 562. The minimum Gasteiger partial charge on any atom is -0.494 e. The number of nitrogens with zero attached hydrogens (tertiary/aromatic N) is 2. The number of thiazole rings is 1. The van der Waals surface area contributed by atoms with Crippen molar-refractivity contribution >= 4 is 26.7 Å². The molecule has 0 bridgehead atoms. The molecule has 0 spiro atoms. The molecule has 3 nitrogen and oxygen atoms in total. The van der Waals surface area contributed by atoms with Crippen molar-refractivity contribution in [2.45, 2.75) is 6.42 Å². The highest BCUT2D eigenvalue weighted by molar-refractivity contribution is 7.22. The van der Waals surface area contributed by atoms with Crippen LogP contribution in [0.25, 0.3) is 10.2 Å². The quantitative estimate of drug-likeness (QED) is 0.761. The highest BCUT2D eigenvalue weighted by Crippen LogP contribution is 2.34. The molecule has 1 aromatic carbocycles. The number of ether oxygens (including phenoxy) is 1. The largest absolute Gasteiger partial charge is 0.494 e. The van der Waals surface area contributed by atoms with E-state index in [4.69, 9.17) is 9.72 Å². The van der Waals surface area contributed by atoms with Crippen molar-refractivity contribution < 1.29 is 4.74 Å². The van der Waals surface area contributed by atoms with Crippen molar-refractivity contribution in [3.8, 4) is 5.75 Å². The summed E-state index contributed by atoms with van der Waals surface area (Å²) in [5.74, 6) is 0.859. The first kappa shape index (κ1) is 10.6. The standard InChI is InChI=1S/C13H14N2OS/c1-16-10-6-5-7-11-12(10)14-13(17-11)15-8-3-2-4-9-15/h2-3,5-7H,4,8-9H2,1H3. The smallest absolute Gasteiger partial charge is 0.186 e. The van der Waals surface area contributed by atoms with Crippen molar-refractivity contribution in [3.63, 3.8) is 0 Å². The average Bonchev–Trinajstić information content (AvgIpc) is 2.83. The zero-order valence-corrected chi connectivity index (χ0v) is 10.5. The first-order valence-electron chi connectivity index (χ1n) is 5.72. The zero-order valence-electron chi connectivity index (χ0n) is 9.72. The Morgan fingerprint density at radius 3 is 3.06 bits per heavy atom. The number of hydrogen-bond acceptors (Lipinski definition) is 4. The lowest BCUT2D eigenvalue weighted by Gasteiger charge is -2.21. The van der Waals surface area contributed by atoms with Crippen LogP contribution in [-0.2, 0) is 0 Å². The summed E-state index contributed by atoms with van der Waals surface area (Å²) in [6, 6.07) is 6.07. The fraction of sp³-hybridized carbons (Fsp3) is 0.308. The van der Waals surface area contributed by atoms with E-state index >= 15 is 0 Å². The lowest BCUT2D eigenvalue weighted by molar-refractivity contribution is 0.419. The highest BCUT2D eigenvalue weighted by atomic mass is 32.1. The molecule has 17 heavy (non-hydrogen) atoms. The van der Waals surface area contributed by atoms with E-state index in [1.54, 1.807) is 18.4 Å². The number of fused-ring (bicyclic) bond motifs is 1. The third-order valence-electron chi connectivity index (χ3n) is 2.92. The number of para-hydroxylation sites is 1. The summed E-state index contributed by atoms with van der Waals surface area (Å²) in [4.78, 5) is 7.00. The van der Waals surface area contributed by atoms with Gasteiger partial charge in [-0.1, -0.05) is 29.6 Å². The molecular weight excluding hydrogens is 232 g/mol. The Morgan fingerprint density at radius 2 is 2.29 bits per heavy atom. The summed E-state index contributed by atoms with van der Waals surface area (Å²) in [5.41, 5.74) is 0.976. The molecule has 1 aliphatic rings. The van der Waals surface area contributed by atoms with Crippen LogP contribution in [0.4, 0.5) is 5.13 Å². The van der Waals surface area contributed by atoms with Gasteiger partial charge in [0.2, 0.25) is 0 Å². The second-order valence-electron chi connectivity index (χ2n) is 4.01. The van der Waals surface area contributed by atoms with Crippen molar-refractivity contribution in [2.75, 3.05) is 25.1 Å². The molecule has 2 heterocycles. The van der Waals surface area contributed by atoms with E-state index in [0.29, 0.717) is 0 Å². The van der Waals surface area contributed by atoms with Gasteiger partial charge in [0.25, 0.3) is 0 Å². The van der Waals surface area contributed by atoms with Crippen LogP contribution in [0.1, 0.15) is 6.42 Å². The van der Waals surface area contributed by atoms with E-state index in [1.165, 1.54) is 4.70 Å². The molecule has 1 aliphatic heterocycles. The highest BCUT2D eigenvalue weighted by Gasteiger charge is 2.14. The molecule has 0 radical (unpaired) electrons. The van der Waals surface area contributed by atoms with Gasteiger partial charge in [-0.3, -0.25) is 0 Å².